The average molecular weight is 252 g/mol. The predicted octanol–water partition coefficient (Wildman–Crippen LogP) is 0.857. The Morgan fingerprint density at radius 2 is 2.39 bits per heavy atom. The number of aryl methyl sites for hydroxylation is 1. The second kappa shape index (κ2) is 6.13. The van der Waals surface area contributed by atoms with Gasteiger partial charge in [-0.25, -0.2) is 0 Å². The maximum Gasteiger partial charge on any atom is 0.141 e. The molecular formula is C13H20N2O3. The largest absolute Gasteiger partial charge is 0.506 e. The number of ether oxygens (including phenoxy) is 1. The summed E-state index contributed by atoms with van der Waals surface area (Å²) in [5.41, 5.74) is 1.97. The monoisotopic (exact) mass is 252 g/mol. The summed E-state index contributed by atoms with van der Waals surface area (Å²) in [7, 11) is 0. The lowest BCUT2D eigenvalue weighted by molar-refractivity contribution is 0.110. The number of aliphatic hydroxyl groups excluding tert-OH is 1. The van der Waals surface area contributed by atoms with Gasteiger partial charge >= 0.3 is 0 Å². The SMILES string of the molecule is Cc1ncc(CO)c(CNCC2CCCO2)c1O. The lowest BCUT2D eigenvalue weighted by Gasteiger charge is -2.14. The summed E-state index contributed by atoms with van der Waals surface area (Å²) in [6, 6.07) is 0. The first-order valence-corrected chi connectivity index (χ1v) is 6.32. The molecule has 0 amide bonds. The van der Waals surface area contributed by atoms with Crippen LogP contribution in [0.1, 0.15) is 29.7 Å². The Morgan fingerprint density at radius 3 is 3.06 bits per heavy atom. The number of pyridine rings is 1. The summed E-state index contributed by atoms with van der Waals surface area (Å²) in [5, 5.41) is 22.5. The van der Waals surface area contributed by atoms with Gasteiger partial charge in [0.25, 0.3) is 0 Å². The molecule has 0 aliphatic carbocycles. The Labute approximate surface area is 107 Å². The lowest BCUT2D eigenvalue weighted by Crippen LogP contribution is -2.26. The highest BCUT2D eigenvalue weighted by atomic mass is 16.5. The van der Waals surface area contributed by atoms with Gasteiger partial charge in [0.1, 0.15) is 5.75 Å². The van der Waals surface area contributed by atoms with Gasteiger partial charge in [0.05, 0.1) is 18.4 Å². The molecule has 18 heavy (non-hydrogen) atoms. The van der Waals surface area contributed by atoms with Crippen LogP contribution in [0.5, 0.6) is 5.75 Å². The summed E-state index contributed by atoms with van der Waals surface area (Å²) >= 11 is 0. The van der Waals surface area contributed by atoms with Crippen LogP contribution in [0.25, 0.3) is 0 Å². The molecule has 1 aliphatic heterocycles. The Morgan fingerprint density at radius 1 is 1.56 bits per heavy atom. The van der Waals surface area contributed by atoms with Gasteiger partial charge in [-0.3, -0.25) is 4.98 Å². The first-order chi connectivity index (χ1) is 8.72. The summed E-state index contributed by atoms with van der Waals surface area (Å²) in [4.78, 5) is 4.03. The van der Waals surface area contributed by atoms with E-state index >= 15 is 0 Å². The fourth-order valence-electron chi connectivity index (χ4n) is 2.18. The number of rotatable bonds is 5. The van der Waals surface area contributed by atoms with Gasteiger partial charge in [-0.1, -0.05) is 0 Å². The molecule has 1 unspecified atom stereocenters. The van der Waals surface area contributed by atoms with Crippen LogP contribution in [0.3, 0.4) is 0 Å². The van der Waals surface area contributed by atoms with Crippen molar-refractivity contribution in [1.29, 1.82) is 0 Å². The highest BCUT2D eigenvalue weighted by Gasteiger charge is 2.16. The van der Waals surface area contributed by atoms with Crippen LogP contribution in [0.2, 0.25) is 0 Å². The minimum Gasteiger partial charge on any atom is -0.506 e. The number of hydrogen-bond donors (Lipinski definition) is 3. The van der Waals surface area contributed by atoms with Gasteiger partial charge < -0.3 is 20.3 Å². The van der Waals surface area contributed by atoms with Crippen molar-refractivity contribution in [2.24, 2.45) is 0 Å². The molecule has 5 heteroatoms. The smallest absolute Gasteiger partial charge is 0.141 e. The molecule has 1 aliphatic rings. The second-order valence-electron chi connectivity index (χ2n) is 4.62. The van der Waals surface area contributed by atoms with Gasteiger partial charge in [-0.05, 0) is 19.8 Å². The van der Waals surface area contributed by atoms with Crippen molar-refractivity contribution in [3.63, 3.8) is 0 Å². The number of nitrogens with zero attached hydrogens (tertiary/aromatic N) is 1. The van der Waals surface area contributed by atoms with Crippen molar-refractivity contribution in [2.45, 2.75) is 39.0 Å². The molecule has 5 nitrogen and oxygen atoms in total. The predicted molar refractivity (Wildman–Crippen MR) is 67.2 cm³/mol. The van der Waals surface area contributed by atoms with E-state index in [1.54, 1.807) is 13.1 Å². The number of hydrogen-bond acceptors (Lipinski definition) is 5. The van der Waals surface area contributed by atoms with E-state index in [2.05, 4.69) is 10.3 Å². The highest BCUT2D eigenvalue weighted by Crippen LogP contribution is 2.23. The van der Waals surface area contributed by atoms with E-state index in [1.807, 2.05) is 0 Å². The van der Waals surface area contributed by atoms with Crippen molar-refractivity contribution in [3.05, 3.63) is 23.0 Å². The summed E-state index contributed by atoms with van der Waals surface area (Å²) in [6.45, 7) is 3.77. The van der Waals surface area contributed by atoms with Crippen LogP contribution in [0.15, 0.2) is 6.20 Å². The number of nitrogens with one attached hydrogen (secondary N) is 1. The third kappa shape index (κ3) is 2.98. The zero-order chi connectivity index (χ0) is 13.0. The van der Waals surface area contributed by atoms with Crippen LogP contribution in [-0.2, 0) is 17.9 Å². The van der Waals surface area contributed by atoms with Crippen LogP contribution in [0, 0.1) is 6.92 Å². The van der Waals surface area contributed by atoms with Gasteiger partial charge in [-0.15, -0.1) is 0 Å². The minimum atomic E-state index is -0.113. The standard InChI is InChI=1S/C13H20N2O3/c1-9-13(17)12(10(8-16)5-15-9)7-14-6-11-3-2-4-18-11/h5,11,14,16-17H,2-4,6-8H2,1H3. The van der Waals surface area contributed by atoms with E-state index in [0.717, 1.165) is 31.6 Å². The quantitative estimate of drug-likeness (QED) is 0.724. The molecule has 1 saturated heterocycles. The summed E-state index contributed by atoms with van der Waals surface area (Å²) in [5.74, 6) is 0.168. The van der Waals surface area contributed by atoms with Crippen LogP contribution in [-0.4, -0.2) is 34.5 Å². The molecule has 1 aromatic rings. The summed E-state index contributed by atoms with van der Waals surface area (Å²) < 4.78 is 5.51. The first-order valence-electron chi connectivity index (χ1n) is 6.32. The van der Waals surface area contributed by atoms with Crippen LogP contribution >= 0.6 is 0 Å². The molecule has 2 rings (SSSR count). The molecule has 1 fully saturated rings. The minimum absolute atomic E-state index is 0.113. The van der Waals surface area contributed by atoms with Crippen molar-refractivity contribution >= 4 is 0 Å². The zero-order valence-electron chi connectivity index (χ0n) is 10.6. The Kier molecular flexibility index (Phi) is 4.52. The molecule has 0 saturated carbocycles. The van der Waals surface area contributed by atoms with Crippen molar-refractivity contribution < 1.29 is 14.9 Å². The molecule has 0 bridgehead atoms. The van der Waals surface area contributed by atoms with E-state index in [4.69, 9.17) is 4.74 Å². The topological polar surface area (TPSA) is 74.6 Å². The lowest BCUT2D eigenvalue weighted by atomic mass is 10.1. The fraction of sp³-hybridized carbons (Fsp3) is 0.615. The van der Waals surface area contributed by atoms with E-state index in [-0.39, 0.29) is 18.5 Å². The maximum atomic E-state index is 9.96. The number of aromatic hydroxyl groups is 1. The molecule has 100 valence electrons. The van der Waals surface area contributed by atoms with E-state index in [0.29, 0.717) is 17.8 Å². The Balaban J connectivity index is 1.96. The van der Waals surface area contributed by atoms with Gasteiger partial charge in [0, 0.05) is 37.0 Å². The van der Waals surface area contributed by atoms with Gasteiger partial charge in [0.15, 0.2) is 0 Å². The van der Waals surface area contributed by atoms with E-state index in [1.165, 1.54) is 0 Å². The van der Waals surface area contributed by atoms with Crippen molar-refractivity contribution in [3.8, 4) is 5.75 Å². The average Bonchev–Trinajstić information content (AvgIpc) is 2.88. The van der Waals surface area contributed by atoms with E-state index < -0.39 is 0 Å². The van der Waals surface area contributed by atoms with Crippen molar-refractivity contribution in [1.82, 2.24) is 10.3 Å². The maximum absolute atomic E-state index is 9.96. The highest BCUT2D eigenvalue weighted by molar-refractivity contribution is 5.40. The molecule has 0 spiro atoms. The third-order valence-corrected chi connectivity index (χ3v) is 3.30. The Hall–Kier alpha value is -1.17. The van der Waals surface area contributed by atoms with Gasteiger partial charge in [0.2, 0.25) is 0 Å². The third-order valence-electron chi connectivity index (χ3n) is 3.30. The molecule has 3 N–H and O–H groups in total. The fourth-order valence-corrected chi connectivity index (χ4v) is 2.18. The van der Waals surface area contributed by atoms with Crippen LogP contribution in [0.4, 0.5) is 0 Å². The van der Waals surface area contributed by atoms with Gasteiger partial charge in [-0.2, -0.15) is 0 Å². The second-order valence-corrected chi connectivity index (χ2v) is 4.62. The molecule has 2 heterocycles. The van der Waals surface area contributed by atoms with E-state index in [9.17, 15) is 10.2 Å². The summed E-state index contributed by atoms with van der Waals surface area (Å²) in [6.07, 6.45) is 4.08. The molecule has 0 radical (unpaired) electrons. The molecule has 1 atom stereocenters. The first kappa shape index (κ1) is 13.3. The molecule has 0 aromatic carbocycles. The molecule has 1 aromatic heterocycles. The molecular weight excluding hydrogens is 232 g/mol. The zero-order valence-corrected chi connectivity index (χ0v) is 10.6. The Bertz CT molecular complexity index is 403. The van der Waals surface area contributed by atoms with Crippen LogP contribution < -0.4 is 5.32 Å². The normalized spacial score (nSPS) is 19.3. The number of aliphatic hydroxyl groups is 1. The number of aromatic nitrogens is 1. The van der Waals surface area contributed by atoms with Crippen molar-refractivity contribution in [2.75, 3.05) is 13.2 Å².